The Hall–Kier alpha value is -2.30. The van der Waals surface area contributed by atoms with Gasteiger partial charge in [-0.15, -0.1) is 0 Å². The Morgan fingerprint density at radius 1 is 0.947 bits per heavy atom. The Balaban J connectivity index is 2.37. The molecule has 0 heterocycles. The van der Waals surface area contributed by atoms with Crippen LogP contribution in [0.15, 0.2) is 36.4 Å². The first-order valence-electron chi connectivity index (χ1n) is 5.43. The number of rotatable bonds is 3. The van der Waals surface area contributed by atoms with Crippen molar-refractivity contribution in [1.29, 1.82) is 0 Å². The van der Waals surface area contributed by atoms with Crippen LogP contribution in [-0.2, 0) is 11.2 Å². The lowest BCUT2D eigenvalue weighted by Gasteiger charge is -2.06. The number of aliphatic carboxylic acids is 1. The second-order valence-corrected chi connectivity index (χ2v) is 3.99. The number of carbonyl (C=O) groups is 1. The zero-order valence-electron chi connectivity index (χ0n) is 9.66. The largest absolute Gasteiger partial charge is 0.481 e. The fraction of sp³-hybridized carbons (Fsp3) is 0.0714. The smallest absolute Gasteiger partial charge is 0.307 e. The van der Waals surface area contributed by atoms with Gasteiger partial charge < -0.3 is 5.11 Å². The van der Waals surface area contributed by atoms with Crippen molar-refractivity contribution >= 4 is 5.97 Å². The number of hydrogen-bond donors (Lipinski definition) is 1. The first-order chi connectivity index (χ1) is 8.99. The summed E-state index contributed by atoms with van der Waals surface area (Å²) in [6.07, 6.45) is -0.152. The second-order valence-electron chi connectivity index (χ2n) is 3.99. The highest BCUT2D eigenvalue weighted by molar-refractivity contribution is 5.71. The molecule has 19 heavy (non-hydrogen) atoms. The molecule has 2 rings (SSSR count). The monoisotopic (exact) mass is 266 g/mol. The standard InChI is InChI=1S/C14H9F3O2/c15-11-6-5-10(13(16)14(11)17)9-3-1-8(2-4-9)7-12(18)19/h1-6H,7H2,(H,18,19). The lowest BCUT2D eigenvalue weighted by Crippen LogP contribution is -1.99. The van der Waals surface area contributed by atoms with E-state index in [1.165, 1.54) is 24.3 Å². The van der Waals surface area contributed by atoms with Gasteiger partial charge in [-0.3, -0.25) is 4.79 Å². The topological polar surface area (TPSA) is 37.3 Å². The molecule has 0 bridgehead atoms. The van der Waals surface area contributed by atoms with Gasteiger partial charge in [-0.2, -0.15) is 0 Å². The summed E-state index contributed by atoms with van der Waals surface area (Å²) >= 11 is 0. The second kappa shape index (κ2) is 5.14. The molecule has 0 atom stereocenters. The van der Waals surface area contributed by atoms with E-state index in [4.69, 9.17) is 5.11 Å². The van der Waals surface area contributed by atoms with Crippen LogP contribution in [0.5, 0.6) is 0 Å². The summed E-state index contributed by atoms with van der Waals surface area (Å²) < 4.78 is 39.5. The van der Waals surface area contributed by atoms with Crippen LogP contribution < -0.4 is 0 Å². The third kappa shape index (κ3) is 2.76. The maximum atomic E-state index is 13.5. The summed E-state index contributed by atoms with van der Waals surface area (Å²) in [6, 6.07) is 7.93. The van der Waals surface area contributed by atoms with E-state index in [1.54, 1.807) is 0 Å². The van der Waals surface area contributed by atoms with Crippen molar-refractivity contribution in [3.63, 3.8) is 0 Å². The molecule has 5 heteroatoms. The highest BCUT2D eigenvalue weighted by Gasteiger charge is 2.14. The molecule has 0 aliphatic rings. The molecule has 1 N–H and O–H groups in total. The van der Waals surface area contributed by atoms with E-state index in [0.717, 1.165) is 12.1 Å². The fourth-order valence-electron chi connectivity index (χ4n) is 1.73. The van der Waals surface area contributed by atoms with E-state index in [-0.39, 0.29) is 12.0 Å². The third-order valence-corrected chi connectivity index (χ3v) is 2.66. The van der Waals surface area contributed by atoms with Gasteiger partial charge in [-0.25, -0.2) is 13.2 Å². The predicted octanol–water partition coefficient (Wildman–Crippen LogP) is 3.40. The van der Waals surface area contributed by atoms with Crippen LogP contribution in [0.4, 0.5) is 13.2 Å². The average molecular weight is 266 g/mol. The van der Waals surface area contributed by atoms with Crippen LogP contribution in [-0.4, -0.2) is 11.1 Å². The quantitative estimate of drug-likeness (QED) is 0.864. The maximum absolute atomic E-state index is 13.5. The van der Waals surface area contributed by atoms with Crippen molar-refractivity contribution in [3.8, 4) is 11.1 Å². The lowest BCUT2D eigenvalue weighted by molar-refractivity contribution is -0.136. The molecule has 2 aromatic carbocycles. The van der Waals surface area contributed by atoms with Gasteiger partial charge in [0.1, 0.15) is 0 Å². The zero-order chi connectivity index (χ0) is 14.0. The molecule has 2 aromatic rings. The molecular formula is C14H9F3O2. The summed E-state index contributed by atoms with van der Waals surface area (Å²) in [5.41, 5.74) is 0.825. The predicted molar refractivity (Wildman–Crippen MR) is 63.1 cm³/mol. The minimum absolute atomic E-state index is 0.0687. The van der Waals surface area contributed by atoms with Gasteiger partial charge in [-0.05, 0) is 23.3 Å². The van der Waals surface area contributed by atoms with E-state index in [2.05, 4.69) is 0 Å². The Labute approximate surface area is 107 Å². The molecule has 0 aromatic heterocycles. The molecule has 98 valence electrons. The van der Waals surface area contributed by atoms with Crippen molar-refractivity contribution in [3.05, 3.63) is 59.4 Å². The van der Waals surface area contributed by atoms with E-state index in [0.29, 0.717) is 11.1 Å². The molecule has 0 spiro atoms. The van der Waals surface area contributed by atoms with Gasteiger partial charge >= 0.3 is 5.97 Å². The molecular weight excluding hydrogens is 257 g/mol. The molecule has 0 radical (unpaired) electrons. The Bertz CT molecular complexity index is 621. The summed E-state index contributed by atoms with van der Waals surface area (Å²) in [5.74, 6) is -5.01. The van der Waals surface area contributed by atoms with E-state index in [9.17, 15) is 18.0 Å². The lowest BCUT2D eigenvalue weighted by atomic mass is 10.0. The van der Waals surface area contributed by atoms with E-state index in [1.807, 2.05) is 0 Å². The fourth-order valence-corrected chi connectivity index (χ4v) is 1.73. The van der Waals surface area contributed by atoms with Crippen molar-refractivity contribution in [2.75, 3.05) is 0 Å². The van der Waals surface area contributed by atoms with Gasteiger partial charge in [0.15, 0.2) is 17.5 Å². The molecule has 0 fully saturated rings. The Morgan fingerprint density at radius 2 is 1.58 bits per heavy atom. The first-order valence-corrected chi connectivity index (χ1v) is 5.43. The summed E-state index contributed by atoms with van der Waals surface area (Å²) in [7, 11) is 0. The summed E-state index contributed by atoms with van der Waals surface area (Å²) in [6.45, 7) is 0. The van der Waals surface area contributed by atoms with Crippen LogP contribution in [0.25, 0.3) is 11.1 Å². The normalized spacial score (nSPS) is 10.5. The molecule has 0 saturated carbocycles. The maximum Gasteiger partial charge on any atom is 0.307 e. The molecule has 0 aliphatic carbocycles. The van der Waals surface area contributed by atoms with Crippen LogP contribution in [0.3, 0.4) is 0 Å². The number of hydrogen-bond acceptors (Lipinski definition) is 1. The number of carboxylic acid groups (broad SMARTS) is 1. The summed E-state index contributed by atoms with van der Waals surface area (Å²) in [4.78, 5) is 10.5. The molecule has 0 aliphatic heterocycles. The van der Waals surface area contributed by atoms with E-state index < -0.39 is 23.4 Å². The van der Waals surface area contributed by atoms with Gasteiger partial charge in [-0.1, -0.05) is 24.3 Å². The number of carboxylic acids is 1. The number of benzene rings is 2. The number of halogens is 3. The minimum atomic E-state index is -1.52. The van der Waals surface area contributed by atoms with Crippen LogP contribution >= 0.6 is 0 Å². The van der Waals surface area contributed by atoms with Crippen LogP contribution in [0.2, 0.25) is 0 Å². The van der Waals surface area contributed by atoms with Gasteiger partial charge in [0, 0.05) is 5.56 Å². The van der Waals surface area contributed by atoms with Gasteiger partial charge in [0.05, 0.1) is 6.42 Å². The van der Waals surface area contributed by atoms with Crippen molar-refractivity contribution in [2.45, 2.75) is 6.42 Å². The van der Waals surface area contributed by atoms with Crippen LogP contribution in [0, 0.1) is 17.5 Å². The highest BCUT2D eigenvalue weighted by atomic mass is 19.2. The van der Waals surface area contributed by atoms with Crippen molar-refractivity contribution in [2.24, 2.45) is 0 Å². The molecule has 0 amide bonds. The van der Waals surface area contributed by atoms with Crippen molar-refractivity contribution < 1.29 is 23.1 Å². The molecule has 0 saturated heterocycles. The van der Waals surface area contributed by atoms with Gasteiger partial charge in [0.25, 0.3) is 0 Å². The average Bonchev–Trinajstić information content (AvgIpc) is 2.37. The Kier molecular flexibility index (Phi) is 3.55. The zero-order valence-corrected chi connectivity index (χ0v) is 9.66. The van der Waals surface area contributed by atoms with Crippen LogP contribution in [0.1, 0.15) is 5.56 Å². The summed E-state index contributed by atoms with van der Waals surface area (Å²) in [5, 5.41) is 8.61. The first kappa shape index (κ1) is 13.1. The van der Waals surface area contributed by atoms with Crippen molar-refractivity contribution in [1.82, 2.24) is 0 Å². The minimum Gasteiger partial charge on any atom is -0.481 e. The highest BCUT2D eigenvalue weighted by Crippen LogP contribution is 2.26. The molecule has 2 nitrogen and oxygen atoms in total. The van der Waals surface area contributed by atoms with Gasteiger partial charge in [0.2, 0.25) is 0 Å². The third-order valence-electron chi connectivity index (χ3n) is 2.66. The SMILES string of the molecule is O=C(O)Cc1ccc(-c2ccc(F)c(F)c2F)cc1. The molecule has 0 unspecified atom stereocenters. The van der Waals surface area contributed by atoms with E-state index >= 15 is 0 Å². The Morgan fingerprint density at radius 3 is 2.16 bits per heavy atom.